The fraction of sp³-hybridized carbons (Fsp3) is 0.259. The Morgan fingerprint density at radius 1 is 0.778 bits per heavy atom. The maximum absolute atomic E-state index is 2.56. The molecule has 1 atom stereocenters. The Bertz CT molecular complexity index is 1240. The zero-order chi connectivity index (χ0) is 18.0. The van der Waals surface area contributed by atoms with Crippen molar-refractivity contribution in [3.05, 3.63) is 77.4 Å². The first-order valence-electron chi connectivity index (χ1n) is 10.4. The molecule has 4 aromatic rings. The van der Waals surface area contributed by atoms with Crippen molar-refractivity contribution in [3.8, 4) is 0 Å². The number of rotatable bonds is 2. The summed E-state index contributed by atoms with van der Waals surface area (Å²) < 4.78 is 0. The fourth-order valence-corrected chi connectivity index (χ4v) is 5.38. The lowest BCUT2D eigenvalue weighted by atomic mass is 9.74. The van der Waals surface area contributed by atoms with Gasteiger partial charge in [0.25, 0.3) is 0 Å². The van der Waals surface area contributed by atoms with Gasteiger partial charge < -0.3 is 0 Å². The highest BCUT2D eigenvalue weighted by molar-refractivity contribution is 6.14. The highest BCUT2D eigenvalue weighted by atomic mass is 14.4. The summed E-state index contributed by atoms with van der Waals surface area (Å²) in [6, 6.07) is 22.9. The van der Waals surface area contributed by atoms with Gasteiger partial charge in [0.15, 0.2) is 0 Å². The van der Waals surface area contributed by atoms with Gasteiger partial charge in [-0.3, -0.25) is 0 Å². The Labute approximate surface area is 160 Å². The first-order chi connectivity index (χ1) is 13.3. The Morgan fingerprint density at radius 3 is 2.30 bits per heavy atom. The molecule has 0 aliphatic heterocycles. The molecule has 0 spiro atoms. The normalized spacial score (nSPS) is 19.4. The molecule has 0 nitrogen and oxygen atoms in total. The summed E-state index contributed by atoms with van der Waals surface area (Å²) in [7, 11) is 0. The summed E-state index contributed by atoms with van der Waals surface area (Å²) >= 11 is 0. The number of hydrogen-bond donors (Lipinski definition) is 0. The van der Waals surface area contributed by atoms with E-state index in [2.05, 4.69) is 73.7 Å². The summed E-state index contributed by atoms with van der Waals surface area (Å²) in [6.07, 6.45) is 7.97. The van der Waals surface area contributed by atoms with Crippen LogP contribution in [0.25, 0.3) is 38.4 Å². The molecule has 2 aliphatic carbocycles. The van der Waals surface area contributed by atoms with Crippen molar-refractivity contribution >= 4 is 38.4 Å². The predicted molar refractivity (Wildman–Crippen MR) is 117 cm³/mol. The van der Waals surface area contributed by atoms with E-state index in [-0.39, 0.29) is 0 Å². The fourth-order valence-electron chi connectivity index (χ4n) is 5.38. The molecule has 0 heteroatoms. The van der Waals surface area contributed by atoms with Crippen LogP contribution in [0.4, 0.5) is 0 Å². The van der Waals surface area contributed by atoms with Gasteiger partial charge in [0.2, 0.25) is 0 Å². The van der Waals surface area contributed by atoms with Gasteiger partial charge in [-0.05, 0) is 80.8 Å². The van der Waals surface area contributed by atoms with Crippen molar-refractivity contribution in [1.82, 2.24) is 0 Å². The van der Waals surface area contributed by atoms with Gasteiger partial charge in [-0.1, -0.05) is 73.5 Å². The van der Waals surface area contributed by atoms with Crippen LogP contribution in [0.5, 0.6) is 0 Å². The van der Waals surface area contributed by atoms with Crippen LogP contribution in [0.15, 0.2) is 66.2 Å². The summed E-state index contributed by atoms with van der Waals surface area (Å²) in [5.41, 5.74) is 4.77. The molecule has 1 saturated carbocycles. The third kappa shape index (κ3) is 2.16. The van der Waals surface area contributed by atoms with Crippen LogP contribution >= 0.6 is 0 Å². The lowest BCUT2D eigenvalue weighted by molar-refractivity contribution is 0.354. The van der Waals surface area contributed by atoms with Gasteiger partial charge >= 0.3 is 0 Å². The quantitative estimate of drug-likeness (QED) is 0.256. The molecule has 0 heterocycles. The Hall–Kier alpha value is -2.60. The molecule has 4 aromatic carbocycles. The maximum atomic E-state index is 2.56. The lowest BCUT2D eigenvalue weighted by Crippen LogP contribution is -2.16. The molecule has 1 unspecified atom stereocenters. The van der Waals surface area contributed by atoms with E-state index in [1.54, 1.807) is 11.1 Å². The molecule has 0 saturated heterocycles. The molecule has 2 aliphatic rings. The van der Waals surface area contributed by atoms with E-state index in [4.69, 9.17) is 0 Å². The van der Waals surface area contributed by atoms with Crippen LogP contribution in [0.1, 0.15) is 49.7 Å². The van der Waals surface area contributed by atoms with Gasteiger partial charge in [-0.15, -0.1) is 0 Å². The van der Waals surface area contributed by atoms with Gasteiger partial charge in [0, 0.05) is 5.92 Å². The standard InChI is InChI=1S/C27H24/c1-2-21-22-12-13-23-24(27(22)16-26(21)17-8-5-9-17)11-10-20-14-18-6-3-4-7-19(18)15-25(20)23/h3-4,6-7,10-17,21H,2,5,8-9H2,1H3. The summed E-state index contributed by atoms with van der Waals surface area (Å²) in [5, 5.41) is 8.21. The molecule has 0 bridgehead atoms. The molecular weight excluding hydrogens is 324 g/mol. The van der Waals surface area contributed by atoms with Gasteiger partial charge in [0.1, 0.15) is 0 Å². The molecular formula is C27H24. The topological polar surface area (TPSA) is 0 Å². The maximum Gasteiger partial charge on any atom is 0.00578 e. The Balaban J connectivity index is 1.64. The van der Waals surface area contributed by atoms with Crippen LogP contribution in [-0.4, -0.2) is 0 Å². The molecule has 1 fully saturated rings. The average molecular weight is 348 g/mol. The SMILES string of the molecule is CCC1C(C2CCC2)=Cc2c1ccc1c2ccc2cc3ccccc3cc21. The van der Waals surface area contributed by atoms with Gasteiger partial charge in [-0.25, -0.2) is 0 Å². The van der Waals surface area contributed by atoms with Crippen LogP contribution in [-0.2, 0) is 0 Å². The van der Waals surface area contributed by atoms with Crippen molar-refractivity contribution in [1.29, 1.82) is 0 Å². The molecule has 0 N–H and O–H groups in total. The third-order valence-corrected chi connectivity index (χ3v) is 7.03. The zero-order valence-corrected chi connectivity index (χ0v) is 15.8. The minimum absolute atomic E-state index is 0.641. The van der Waals surface area contributed by atoms with Crippen molar-refractivity contribution in [2.45, 2.75) is 38.5 Å². The highest BCUT2D eigenvalue weighted by Gasteiger charge is 2.32. The van der Waals surface area contributed by atoms with Gasteiger partial charge in [0.05, 0.1) is 0 Å². The summed E-state index contributed by atoms with van der Waals surface area (Å²) in [5.74, 6) is 1.48. The lowest BCUT2D eigenvalue weighted by Gasteiger charge is -2.30. The van der Waals surface area contributed by atoms with Crippen molar-refractivity contribution in [2.75, 3.05) is 0 Å². The average Bonchev–Trinajstić information content (AvgIpc) is 3.02. The van der Waals surface area contributed by atoms with Gasteiger partial charge in [-0.2, -0.15) is 0 Å². The van der Waals surface area contributed by atoms with Crippen LogP contribution in [0.2, 0.25) is 0 Å². The monoisotopic (exact) mass is 348 g/mol. The largest absolute Gasteiger partial charge is 0.0645 e. The number of fused-ring (bicyclic) bond motifs is 6. The molecule has 0 aromatic heterocycles. The van der Waals surface area contributed by atoms with E-state index in [0.717, 1.165) is 5.92 Å². The summed E-state index contributed by atoms with van der Waals surface area (Å²) in [6.45, 7) is 2.35. The second kappa shape index (κ2) is 5.70. The summed E-state index contributed by atoms with van der Waals surface area (Å²) in [4.78, 5) is 0. The van der Waals surface area contributed by atoms with Crippen molar-refractivity contribution in [3.63, 3.8) is 0 Å². The predicted octanol–water partition coefficient (Wildman–Crippen LogP) is 7.84. The van der Waals surface area contributed by atoms with Crippen molar-refractivity contribution in [2.24, 2.45) is 5.92 Å². The van der Waals surface area contributed by atoms with E-state index in [9.17, 15) is 0 Å². The first kappa shape index (κ1) is 15.5. The zero-order valence-electron chi connectivity index (χ0n) is 15.8. The minimum atomic E-state index is 0.641. The second-order valence-electron chi connectivity index (χ2n) is 8.38. The number of benzene rings is 4. The van der Waals surface area contributed by atoms with Crippen LogP contribution in [0.3, 0.4) is 0 Å². The first-order valence-corrected chi connectivity index (χ1v) is 10.4. The van der Waals surface area contributed by atoms with E-state index >= 15 is 0 Å². The van der Waals surface area contributed by atoms with Crippen LogP contribution in [0, 0.1) is 5.92 Å². The number of hydrogen-bond acceptors (Lipinski definition) is 0. The van der Waals surface area contributed by atoms with E-state index in [0.29, 0.717) is 5.92 Å². The van der Waals surface area contributed by atoms with E-state index in [1.807, 2.05) is 0 Å². The highest BCUT2D eigenvalue weighted by Crippen LogP contribution is 2.49. The molecule has 6 rings (SSSR count). The number of allylic oxidation sites excluding steroid dienone is 1. The Kier molecular flexibility index (Phi) is 3.26. The molecule has 0 amide bonds. The van der Waals surface area contributed by atoms with Crippen LogP contribution < -0.4 is 0 Å². The van der Waals surface area contributed by atoms with Crippen molar-refractivity contribution < 1.29 is 0 Å². The third-order valence-electron chi connectivity index (χ3n) is 7.03. The van der Waals surface area contributed by atoms with E-state index < -0.39 is 0 Å². The molecule has 0 radical (unpaired) electrons. The molecule has 27 heavy (non-hydrogen) atoms. The second-order valence-corrected chi connectivity index (χ2v) is 8.38. The smallest absolute Gasteiger partial charge is 0.00578 e. The van der Waals surface area contributed by atoms with E-state index in [1.165, 1.54) is 63.6 Å². The minimum Gasteiger partial charge on any atom is -0.0645 e. The Morgan fingerprint density at radius 2 is 1.56 bits per heavy atom. The molecule has 132 valence electrons.